The number of benzene rings is 1. The monoisotopic (exact) mass is 268 g/mol. The zero-order valence-electron chi connectivity index (χ0n) is 10.1. The molecule has 0 spiro atoms. The van der Waals surface area contributed by atoms with Gasteiger partial charge in [0.25, 0.3) is 0 Å². The Hall–Kier alpha value is -1.40. The molecule has 0 bridgehead atoms. The van der Waals surface area contributed by atoms with Gasteiger partial charge in [-0.3, -0.25) is 4.79 Å². The van der Waals surface area contributed by atoms with Crippen molar-refractivity contribution in [3.63, 3.8) is 0 Å². The highest BCUT2D eigenvalue weighted by Gasteiger charge is 2.23. The van der Waals surface area contributed by atoms with Crippen molar-refractivity contribution in [1.29, 1.82) is 0 Å². The van der Waals surface area contributed by atoms with Crippen LogP contribution in [0, 0.1) is 0 Å². The average molecular weight is 268 g/mol. The molecule has 5 nitrogen and oxygen atoms in total. The summed E-state index contributed by atoms with van der Waals surface area (Å²) in [5.74, 6) is -0.177. The maximum Gasteiger partial charge on any atom is 0.241 e. The lowest BCUT2D eigenvalue weighted by Gasteiger charge is -2.13. The van der Waals surface area contributed by atoms with Gasteiger partial charge in [-0.05, 0) is 31.5 Å². The second-order valence-electron chi connectivity index (χ2n) is 4.41. The maximum absolute atomic E-state index is 11.9. The lowest BCUT2D eigenvalue weighted by atomic mass is 10.2. The zero-order chi connectivity index (χ0) is 13.2. The Kier molecular flexibility index (Phi) is 3.68. The molecule has 1 aliphatic rings. The fourth-order valence-electron chi connectivity index (χ4n) is 2.02. The molecule has 1 amide bonds. The Balaban J connectivity index is 2.21. The van der Waals surface area contributed by atoms with Gasteiger partial charge in [0, 0.05) is 6.26 Å². The maximum atomic E-state index is 11.9. The second kappa shape index (κ2) is 5.07. The minimum Gasteiger partial charge on any atom is -0.324 e. The van der Waals surface area contributed by atoms with Gasteiger partial charge in [-0.25, -0.2) is 8.42 Å². The SMILES string of the molecule is CS(=O)(=O)c1ccccc1NC(=O)C1CCCN1. The molecule has 1 atom stereocenters. The number of hydrogen-bond donors (Lipinski definition) is 2. The summed E-state index contributed by atoms with van der Waals surface area (Å²) in [4.78, 5) is 12.1. The third kappa shape index (κ3) is 2.88. The molecule has 0 aromatic heterocycles. The lowest BCUT2D eigenvalue weighted by Crippen LogP contribution is -2.35. The van der Waals surface area contributed by atoms with Gasteiger partial charge in [0.05, 0.1) is 16.6 Å². The van der Waals surface area contributed by atoms with E-state index in [9.17, 15) is 13.2 Å². The van der Waals surface area contributed by atoms with Crippen LogP contribution >= 0.6 is 0 Å². The number of anilines is 1. The highest BCUT2D eigenvalue weighted by molar-refractivity contribution is 7.90. The summed E-state index contributed by atoms with van der Waals surface area (Å²) in [5, 5.41) is 5.75. The number of para-hydroxylation sites is 1. The van der Waals surface area contributed by atoms with Crippen molar-refractivity contribution in [2.24, 2.45) is 0 Å². The van der Waals surface area contributed by atoms with Crippen molar-refractivity contribution in [3.8, 4) is 0 Å². The molecule has 2 N–H and O–H groups in total. The number of hydrogen-bond acceptors (Lipinski definition) is 4. The minimum absolute atomic E-state index is 0.149. The van der Waals surface area contributed by atoms with Crippen molar-refractivity contribution >= 4 is 21.4 Å². The van der Waals surface area contributed by atoms with Gasteiger partial charge < -0.3 is 10.6 Å². The molecular formula is C12H16N2O3S. The number of rotatable bonds is 3. The van der Waals surface area contributed by atoms with Crippen molar-refractivity contribution < 1.29 is 13.2 Å². The van der Waals surface area contributed by atoms with Crippen molar-refractivity contribution in [3.05, 3.63) is 24.3 Å². The van der Waals surface area contributed by atoms with E-state index in [1.54, 1.807) is 18.2 Å². The predicted octanol–water partition coefficient (Wildman–Crippen LogP) is 0.781. The van der Waals surface area contributed by atoms with E-state index in [0.29, 0.717) is 5.69 Å². The highest BCUT2D eigenvalue weighted by Crippen LogP contribution is 2.21. The van der Waals surface area contributed by atoms with Crippen LogP contribution in [0.3, 0.4) is 0 Å². The zero-order valence-corrected chi connectivity index (χ0v) is 11.0. The first-order valence-electron chi connectivity index (χ1n) is 5.82. The van der Waals surface area contributed by atoms with Crippen molar-refractivity contribution in [2.75, 3.05) is 18.1 Å². The number of carbonyl (C=O) groups is 1. The molecule has 18 heavy (non-hydrogen) atoms. The fraction of sp³-hybridized carbons (Fsp3) is 0.417. The molecule has 0 aliphatic carbocycles. The Morgan fingerprint density at radius 3 is 2.72 bits per heavy atom. The summed E-state index contributed by atoms with van der Waals surface area (Å²) in [6.45, 7) is 0.825. The van der Waals surface area contributed by atoms with Crippen LogP contribution in [-0.4, -0.2) is 33.2 Å². The van der Waals surface area contributed by atoms with Gasteiger partial charge in [0.1, 0.15) is 0 Å². The number of amides is 1. The van der Waals surface area contributed by atoms with Crippen LogP contribution in [0.1, 0.15) is 12.8 Å². The number of carbonyl (C=O) groups excluding carboxylic acids is 1. The Morgan fingerprint density at radius 1 is 1.39 bits per heavy atom. The predicted molar refractivity (Wildman–Crippen MR) is 69.2 cm³/mol. The fourth-order valence-corrected chi connectivity index (χ4v) is 2.87. The first-order chi connectivity index (χ1) is 8.48. The summed E-state index contributed by atoms with van der Waals surface area (Å²) in [6, 6.07) is 6.21. The Labute approximate surface area is 107 Å². The topological polar surface area (TPSA) is 75.3 Å². The van der Waals surface area contributed by atoms with Crippen LogP contribution in [0.2, 0.25) is 0 Å². The van der Waals surface area contributed by atoms with Gasteiger partial charge in [-0.1, -0.05) is 12.1 Å². The molecule has 6 heteroatoms. The molecule has 1 aromatic carbocycles. The molecule has 1 unspecified atom stereocenters. The van der Waals surface area contributed by atoms with Gasteiger partial charge in [0.15, 0.2) is 9.84 Å². The third-order valence-corrected chi connectivity index (χ3v) is 4.08. The number of sulfone groups is 1. The lowest BCUT2D eigenvalue weighted by molar-refractivity contribution is -0.117. The van der Waals surface area contributed by atoms with E-state index in [0.717, 1.165) is 25.6 Å². The largest absolute Gasteiger partial charge is 0.324 e. The smallest absolute Gasteiger partial charge is 0.241 e. The summed E-state index contributed by atoms with van der Waals surface area (Å²) in [5.41, 5.74) is 0.346. The quantitative estimate of drug-likeness (QED) is 0.849. The molecule has 2 rings (SSSR count). The van der Waals surface area contributed by atoms with Crippen LogP contribution in [0.25, 0.3) is 0 Å². The van der Waals surface area contributed by atoms with Gasteiger partial charge >= 0.3 is 0 Å². The van der Waals surface area contributed by atoms with Gasteiger partial charge in [-0.2, -0.15) is 0 Å². The molecule has 98 valence electrons. The van der Waals surface area contributed by atoms with Crippen LogP contribution in [0.15, 0.2) is 29.2 Å². The van der Waals surface area contributed by atoms with Crippen LogP contribution in [0.4, 0.5) is 5.69 Å². The van der Waals surface area contributed by atoms with E-state index >= 15 is 0 Å². The average Bonchev–Trinajstić information content (AvgIpc) is 2.81. The number of nitrogens with one attached hydrogen (secondary N) is 2. The van der Waals surface area contributed by atoms with E-state index < -0.39 is 9.84 Å². The van der Waals surface area contributed by atoms with E-state index in [1.165, 1.54) is 6.07 Å². The Bertz CT molecular complexity index is 548. The van der Waals surface area contributed by atoms with Crippen LogP contribution in [-0.2, 0) is 14.6 Å². The summed E-state index contributed by atoms with van der Waals surface area (Å²) in [7, 11) is -3.34. The van der Waals surface area contributed by atoms with Gasteiger partial charge in [0.2, 0.25) is 5.91 Å². The van der Waals surface area contributed by atoms with E-state index in [4.69, 9.17) is 0 Å². The van der Waals surface area contributed by atoms with Crippen LogP contribution < -0.4 is 10.6 Å². The van der Waals surface area contributed by atoms with E-state index in [1.807, 2.05) is 0 Å². The van der Waals surface area contributed by atoms with Gasteiger partial charge in [-0.15, -0.1) is 0 Å². The molecule has 1 saturated heterocycles. The molecular weight excluding hydrogens is 252 g/mol. The van der Waals surface area contributed by atoms with E-state index in [2.05, 4.69) is 10.6 Å². The standard InChI is InChI=1S/C12H16N2O3S/c1-18(16,17)11-7-3-2-5-9(11)14-12(15)10-6-4-8-13-10/h2-3,5,7,10,13H,4,6,8H2,1H3,(H,14,15). The molecule has 1 aromatic rings. The first-order valence-corrected chi connectivity index (χ1v) is 7.71. The third-order valence-electron chi connectivity index (χ3n) is 2.92. The second-order valence-corrected chi connectivity index (χ2v) is 6.39. The first kappa shape index (κ1) is 13.0. The molecule has 1 heterocycles. The Morgan fingerprint density at radius 2 is 2.11 bits per heavy atom. The normalized spacial score (nSPS) is 19.7. The summed E-state index contributed by atoms with van der Waals surface area (Å²) >= 11 is 0. The summed E-state index contributed by atoms with van der Waals surface area (Å²) in [6.07, 6.45) is 2.88. The summed E-state index contributed by atoms with van der Waals surface area (Å²) < 4.78 is 23.2. The molecule has 1 aliphatic heterocycles. The van der Waals surface area contributed by atoms with Crippen LogP contribution in [0.5, 0.6) is 0 Å². The minimum atomic E-state index is -3.34. The molecule has 0 saturated carbocycles. The highest BCUT2D eigenvalue weighted by atomic mass is 32.2. The van der Waals surface area contributed by atoms with Crippen molar-refractivity contribution in [2.45, 2.75) is 23.8 Å². The van der Waals surface area contributed by atoms with Crippen molar-refractivity contribution in [1.82, 2.24) is 5.32 Å². The van der Waals surface area contributed by atoms with E-state index in [-0.39, 0.29) is 16.8 Å². The molecule has 0 radical (unpaired) electrons. The molecule has 1 fully saturated rings.